The fraction of sp³-hybridized carbons (Fsp3) is 0.333. The summed E-state index contributed by atoms with van der Waals surface area (Å²) in [5.74, 6) is -1.46. The lowest BCUT2D eigenvalue weighted by atomic mass is 10.3. The maximum absolute atomic E-state index is 11.7. The second kappa shape index (κ2) is 4.09. The molecule has 0 saturated carbocycles. The van der Waals surface area contributed by atoms with Crippen LogP contribution in [-0.2, 0) is 9.84 Å². The second-order valence-corrected chi connectivity index (χ2v) is 5.98. The second-order valence-electron chi connectivity index (χ2n) is 3.48. The molecule has 0 bridgehead atoms. The molecule has 0 unspecified atom stereocenters. The summed E-state index contributed by atoms with van der Waals surface area (Å²) in [6.07, 6.45) is 1.00. The number of aromatic amines is 1. The van der Waals surface area contributed by atoms with Gasteiger partial charge in [-0.1, -0.05) is 0 Å². The lowest BCUT2D eigenvalue weighted by molar-refractivity contribution is 0.0694. The van der Waals surface area contributed by atoms with Crippen LogP contribution in [-0.4, -0.2) is 29.7 Å². The van der Waals surface area contributed by atoms with E-state index >= 15 is 0 Å². The van der Waals surface area contributed by atoms with E-state index in [-0.39, 0.29) is 4.90 Å². The van der Waals surface area contributed by atoms with Crippen molar-refractivity contribution in [1.82, 2.24) is 4.98 Å². The Labute approximate surface area is 91.9 Å². The summed E-state index contributed by atoms with van der Waals surface area (Å²) in [5.41, 5.74) is -1.41. The highest BCUT2D eigenvalue weighted by Crippen LogP contribution is 2.14. The summed E-state index contributed by atoms with van der Waals surface area (Å²) < 4.78 is 23.4. The zero-order valence-corrected chi connectivity index (χ0v) is 9.54. The van der Waals surface area contributed by atoms with Crippen LogP contribution in [0, 0.1) is 0 Å². The van der Waals surface area contributed by atoms with Crippen LogP contribution in [0.2, 0.25) is 0 Å². The van der Waals surface area contributed by atoms with Crippen molar-refractivity contribution in [2.24, 2.45) is 0 Å². The highest BCUT2D eigenvalue weighted by Gasteiger charge is 2.21. The average molecular weight is 245 g/mol. The first-order valence-electron chi connectivity index (χ1n) is 4.46. The molecule has 0 atom stereocenters. The molecular weight excluding hydrogens is 234 g/mol. The summed E-state index contributed by atoms with van der Waals surface area (Å²) in [6.45, 7) is 2.95. The van der Waals surface area contributed by atoms with Crippen molar-refractivity contribution in [3.05, 3.63) is 28.2 Å². The molecule has 0 aliphatic heterocycles. The van der Waals surface area contributed by atoms with Gasteiger partial charge in [0.15, 0.2) is 9.84 Å². The molecule has 1 aromatic rings. The van der Waals surface area contributed by atoms with Gasteiger partial charge in [0.25, 0.3) is 5.56 Å². The highest BCUT2D eigenvalue weighted by atomic mass is 32.2. The Kier molecular flexibility index (Phi) is 3.18. The molecule has 0 amide bonds. The maximum Gasteiger partial charge on any atom is 0.341 e. The van der Waals surface area contributed by atoms with E-state index in [2.05, 4.69) is 4.98 Å². The minimum Gasteiger partial charge on any atom is -0.477 e. The number of sulfone groups is 1. The number of carboxylic acids is 1. The first-order valence-corrected chi connectivity index (χ1v) is 6.01. The lowest BCUT2D eigenvalue weighted by Crippen LogP contribution is -2.21. The molecule has 1 rings (SSSR count). The molecule has 0 aliphatic rings. The van der Waals surface area contributed by atoms with Crippen LogP contribution >= 0.6 is 0 Å². The summed E-state index contributed by atoms with van der Waals surface area (Å²) in [5, 5.41) is 8.00. The number of hydrogen-bond acceptors (Lipinski definition) is 4. The molecule has 0 fully saturated rings. The Balaban J connectivity index is 3.46. The molecule has 0 aliphatic carbocycles. The quantitative estimate of drug-likeness (QED) is 0.794. The van der Waals surface area contributed by atoms with Crippen molar-refractivity contribution in [1.29, 1.82) is 0 Å². The highest BCUT2D eigenvalue weighted by molar-refractivity contribution is 7.92. The van der Waals surface area contributed by atoms with E-state index < -0.39 is 32.2 Å². The standard InChI is InChI=1S/C9H11NO5S/c1-5(2)16(14,15)6-3-7(9(12)13)8(11)10-4-6/h3-5H,1-2H3,(H,10,11)(H,12,13). The van der Waals surface area contributed by atoms with Crippen LogP contribution in [0.4, 0.5) is 0 Å². The Bertz CT molecular complexity index is 570. The van der Waals surface area contributed by atoms with Crippen molar-refractivity contribution in [3.8, 4) is 0 Å². The van der Waals surface area contributed by atoms with Crippen LogP contribution in [0.3, 0.4) is 0 Å². The van der Waals surface area contributed by atoms with Gasteiger partial charge in [0.2, 0.25) is 0 Å². The molecule has 0 spiro atoms. The summed E-state index contributed by atoms with van der Waals surface area (Å²) in [7, 11) is -3.58. The van der Waals surface area contributed by atoms with Gasteiger partial charge in [0.1, 0.15) is 5.56 Å². The van der Waals surface area contributed by atoms with Gasteiger partial charge in [0.05, 0.1) is 10.1 Å². The maximum atomic E-state index is 11.7. The van der Waals surface area contributed by atoms with Crippen molar-refractivity contribution >= 4 is 15.8 Å². The fourth-order valence-electron chi connectivity index (χ4n) is 1.06. The minimum atomic E-state index is -3.58. The smallest absolute Gasteiger partial charge is 0.341 e. The molecule has 2 N–H and O–H groups in total. The van der Waals surface area contributed by atoms with E-state index in [9.17, 15) is 18.0 Å². The molecule has 0 radical (unpaired) electrons. The Hall–Kier alpha value is -1.63. The van der Waals surface area contributed by atoms with Crippen LogP contribution < -0.4 is 5.56 Å². The molecule has 0 aromatic carbocycles. The number of nitrogens with one attached hydrogen (secondary N) is 1. The van der Waals surface area contributed by atoms with Gasteiger partial charge in [-0.25, -0.2) is 13.2 Å². The molecule has 1 heterocycles. The molecule has 0 saturated heterocycles. The number of hydrogen-bond donors (Lipinski definition) is 2. The number of carboxylic acid groups (broad SMARTS) is 1. The van der Waals surface area contributed by atoms with E-state index in [4.69, 9.17) is 5.11 Å². The van der Waals surface area contributed by atoms with E-state index in [1.807, 2.05) is 0 Å². The normalized spacial score (nSPS) is 11.7. The number of H-pyrrole nitrogens is 1. The van der Waals surface area contributed by atoms with Crippen molar-refractivity contribution in [2.45, 2.75) is 24.0 Å². The third-order valence-electron chi connectivity index (χ3n) is 2.06. The Morgan fingerprint density at radius 1 is 1.44 bits per heavy atom. The number of aromatic nitrogens is 1. The van der Waals surface area contributed by atoms with Gasteiger partial charge in [0, 0.05) is 6.20 Å². The average Bonchev–Trinajstić information content (AvgIpc) is 2.17. The minimum absolute atomic E-state index is 0.195. The predicted molar refractivity (Wildman–Crippen MR) is 56.3 cm³/mol. The molecule has 6 nitrogen and oxygen atoms in total. The number of pyridine rings is 1. The molecule has 16 heavy (non-hydrogen) atoms. The number of carbonyl (C=O) groups is 1. The van der Waals surface area contributed by atoms with E-state index in [0.29, 0.717) is 0 Å². The predicted octanol–water partition coefficient (Wildman–Crippen LogP) is 0.255. The first-order chi connectivity index (χ1) is 7.26. The van der Waals surface area contributed by atoms with E-state index in [1.54, 1.807) is 0 Å². The van der Waals surface area contributed by atoms with E-state index in [1.165, 1.54) is 13.8 Å². The first kappa shape index (κ1) is 12.4. The topological polar surface area (TPSA) is 104 Å². The van der Waals surface area contributed by atoms with Crippen LogP contribution in [0.5, 0.6) is 0 Å². The molecular formula is C9H11NO5S. The number of aromatic carboxylic acids is 1. The van der Waals surface area contributed by atoms with Gasteiger partial charge in [-0.05, 0) is 19.9 Å². The molecule has 1 aromatic heterocycles. The van der Waals surface area contributed by atoms with Crippen molar-refractivity contribution < 1.29 is 18.3 Å². The molecule has 7 heteroatoms. The zero-order chi connectivity index (χ0) is 12.5. The zero-order valence-electron chi connectivity index (χ0n) is 8.72. The van der Waals surface area contributed by atoms with Gasteiger partial charge < -0.3 is 10.1 Å². The van der Waals surface area contributed by atoms with E-state index in [0.717, 1.165) is 12.3 Å². The Morgan fingerprint density at radius 3 is 2.44 bits per heavy atom. The van der Waals surface area contributed by atoms with Crippen molar-refractivity contribution in [3.63, 3.8) is 0 Å². The summed E-state index contributed by atoms with van der Waals surface area (Å²) >= 11 is 0. The molecule has 88 valence electrons. The Morgan fingerprint density at radius 2 is 2.00 bits per heavy atom. The third-order valence-corrected chi connectivity index (χ3v) is 4.19. The van der Waals surface area contributed by atoms with Crippen LogP contribution in [0.1, 0.15) is 24.2 Å². The van der Waals surface area contributed by atoms with Gasteiger partial charge in [-0.15, -0.1) is 0 Å². The SMILES string of the molecule is CC(C)S(=O)(=O)c1c[nH]c(=O)c(C(=O)O)c1. The van der Waals surface area contributed by atoms with Gasteiger partial charge >= 0.3 is 5.97 Å². The summed E-state index contributed by atoms with van der Waals surface area (Å²) in [6, 6.07) is 0.872. The monoisotopic (exact) mass is 245 g/mol. The third kappa shape index (κ3) is 2.13. The fourth-order valence-corrected chi connectivity index (χ4v) is 2.11. The largest absolute Gasteiger partial charge is 0.477 e. The number of rotatable bonds is 3. The summed E-state index contributed by atoms with van der Waals surface area (Å²) in [4.78, 5) is 23.6. The van der Waals surface area contributed by atoms with Gasteiger partial charge in [-0.2, -0.15) is 0 Å². The van der Waals surface area contributed by atoms with Crippen molar-refractivity contribution in [2.75, 3.05) is 0 Å². The van der Waals surface area contributed by atoms with Crippen LogP contribution in [0.25, 0.3) is 0 Å². The van der Waals surface area contributed by atoms with Crippen LogP contribution in [0.15, 0.2) is 22.0 Å². The van der Waals surface area contributed by atoms with Gasteiger partial charge in [-0.3, -0.25) is 4.79 Å². The lowest BCUT2D eigenvalue weighted by Gasteiger charge is -2.07.